The van der Waals surface area contributed by atoms with Crippen LogP contribution in [0.5, 0.6) is 17.2 Å². The minimum Gasteiger partial charge on any atom is -0.496 e. The van der Waals surface area contributed by atoms with Gasteiger partial charge in [0, 0.05) is 15.6 Å². The molecule has 9 heteroatoms. The second kappa shape index (κ2) is 11.1. The molecule has 0 radical (unpaired) electrons. The van der Waals surface area contributed by atoms with Gasteiger partial charge >= 0.3 is 0 Å². The molecular weight excluding hydrogens is 602 g/mol. The van der Waals surface area contributed by atoms with Gasteiger partial charge in [-0.05, 0) is 86.2 Å². The largest absolute Gasteiger partial charge is 0.496 e. The van der Waals surface area contributed by atoms with Crippen molar-refractivity contribution in [1.29, 1.82) is 0 Å². The van der Waals surface area contributed by atoms with E-state index in [1.807, 2.05) is 37.3 Å². The van der Waals surface area contributed by atoms with Gasteiger partial charge in [0.1, 0.15) is 5.75 Å². The van der Waals surface area contributed by atoms with Crippen LogP contribution in [-0.4, -0.2) is 37.2 Å². The highest BCUT2D eigenvalue weighted by atomic mass is 79.9. The predicted octanol–water partition coefficient (Wildman–Crippen LogP) is 6.93. The van der Waals surface area contributed by atoms with Crippen molar-refractivity contribution in [3.63, 3.8) is 0 Å². The maximum atomic E-state index is 13.7. The van der Waals surface area contributed by atoms with E-state index >= 15 is 0 Å². The van der Waals surface area contributed by atoms with Gasteiger partial charge in [-0.15, -0.1) is 0 Å². The molecule has 0 saturated carbocycles. The molecule has 0 aliphatic rings. The lowest BCUT2D eigenvalue weighted by Gasteiger charge is -2.17. The molecule has 7 nitrogen and oxygen atoms in total. The molecule has 192 valence electrons. The van der Waals surface area contributed by atoms with Crippen molar-refractivity contribution in [3.8, 4) is 28.6 Å². The predicted molar refractivity (Wildman–Crippen MR) is 155 cm³/mol. The number of hydrogen-bond acceptors (Lipinski definition) is 6. The fourth-order valence-electron chi connectivity index (χ4n) is 4.13. The second-order valence-corrected chi connectivity index (χ2v) is 10.3. The molecule has 0 saturated heterocycles. The standard InChI is InChI=1S/C28H27Br2N3O4/c1-15(2)19-13-20(16(3)11-22(19)35-4)27-32-21-10-8-7-9-18(21)28(34)33(27)31-14-17-12-23(36-5)26(37-6)25(30)24(17)29/h7-15H,1-6H3. The molecule has 0 N–H and O–H groups in total. The summed E-state index contributed by atoms with van der Waals surface area (Å²) in [6, 6.07) is 13.1. The number of aromatic nitrogens is 2. The summed E-state index contributed by atoms with van der Waals surface area (Å²) in [4.78, 5) is 18.6. The first-order valence-electron chi connectivity index (χ1n) is 11.6. The van der Waals surface area contributed by atoms with Crippen molar-refractivity contribution in [3.05, 3.63) is 78.5 Å². The molecule has 3 aromatic carbocycles. The first-order chi connectivity index (χ1) is 17.7. The Morgan fingerprint density at radius 2 is 1.68 bits per heavy atom. The number of aryl methyl sites for hydroxylation is 1. The van der Waals surface area contributed by atoms with Crippen molar-refractivity contribution in [2.75, 3.05) is 21.3 Å². The number of halogens is 2. The molecule has 0 bridgehead atoms. The highest BCUT2D eigenvalue weighted by Gasteiger charge is 2.19. The third-order valence-corrected chi connectivity index (χ3v) is 8.23. The van der Waals surface area contributed by atoms with Crippen LogP contribution in [0, 0.1) is 6.92 Å². The van der Waals surface area contributed by atoms with Crippen molar-refractivity contribution in [2.45, 2.75) is 26.7 Å². The molecule has 1 aromatic heterocycles. The van der Waals surface area contributed by atoms with Crippen molar-refractivity contribution in [1.82, 2.24) is 9.66 Å². The Morgan fingerprint density at radius 1 is 0.973 bits per heavy atom. The fourth-order valence-corrected chi connectivity index (χ4v) is 5.12. The van der Waals surface area contributed by atoms with Crippen LogP contribution in [0.3, 0.4) is 0 Å². The number of fused-ring (bicyclic) bond motifs is 1. The van der Waals surface area contributed by atoms with Gasteiger partial charge in [0.25, 0.3) is 5.56 Å². The van der Waals surface area contributed by atoms with Gasteiger partial charge in [0.15, 0.2) is 17.3 Å². The topological polar surface area (TPSA) is 74.9 Å². The van der Waals surface area contributed by atoms with E-state index in [4.69, 9.17) is 19.2 Å². The van der Waals surface area contributed by atoms with E-state index in [9.17, 15) is 4.79 Å². The quantitative estimate of drug-likeness (QED) is 0.208. The van der Waals surface area contributed by atoms with E-state index in [0.29, 0.717) is 42.7 Å². The Morgan fingerprint density at radius 3 is 2.32 bits per heavy atom. The van der Waals surface area contributed by atoms with Crippen molar-refractivity contribution < 1.29 is 14.2 Å². The Labute approximate surface area is 232 Å². The lowest BCUT2D eigenvalue weighted by Crippen LogP contribution is -2.21. The normalized spacial score (nSPS) is 11.5. The average molecular weight is 629 g/mol. The molecule has 0 fully saturated rings. The van der Waals surface area contributed by atoms with Gasteiger partial charge in [-0.25, -0.2) is 4.98 Å². The number of rotatable bonds is 7. The van der Waals surface area contributed by atoms with Crippen molar-refractivity contribution >= 4 is 49.0 Å². The minimum absolute atomic E-state index is 0.207. The maximum Gasteiger partial charge on any atom is 0.282 e. The van der Waals surface area contributed by atoms with E-state index in [-0.39, 0.29) is 11.5 Å². The maximum absolute atomic E-state index is 13.7. The monoisotopic (exact) mass is 627 g/mol. The summed E-state index contributed by atoms with van der Waals surface area (Å²) in [6.07, 6.45) is 1.60. The van der Waals surface area contributed by atoms with Gasteiger partial charge in [-0.2, -0.15) is 9.78 Å². The lowest BCUT2D eigenvalue weighted by molar-refractivity contribution is 0.353. The van der Waals surface area contributed by atoms with Crippen LogP contribution in [0.25, 0.3) is 22.3 Å². The lowest BCUT2D eigenvalue weighted by atomic mass is 9.96. The molecule has 0 atom stereocenters. The Kier molecular flexibility index (Phi) is 8.04. The minimum atomic E-state index is -0.270. The summed E-state index contributed by atoms with van der Waals surface area (Å²) in [6.45, 7) is 6.17. The van der Waals surface area contributed by atoms with Gasteiger partial charge in [-0.1, -0.05) is 26.0 Å². The molecule has 0 spiro atoms. The van der Waals surface area contributed by atoms with Crippen LogP contribution in [0.1, 0.15) is 36.5 Å². The molecule has 4 rings (SSSR count). The SMILES string of the molecule is COc1cc(C)c(-c2nc3ccccc3c(=O)n2N=Cc2cc(OC)c(OC)c(Br)c2Br)cc1C(C)C. The van der Waals surface area contributed by atoms with Gasteiger partial charge in [0.2, 0.25) is 0 Å². The second-order valence-electron chi connectivity index (χ2n) is 8.71. The third kappa shape index (κ3) is 5.02. The Hall–Kier alpha value is -3.17. The molecular formula is C28H27Br2N3O4. The molecule has 0 unspecified atom stereocenters. The van der Waals surface area contributed by atoms with Crippen LogP contribution in [0.4, 0.5) is 0 Å². The van der Waals surface area contributed by atoms with Crippen LogP contribution in [0.2, 0.25) is 0 Å². The van der Waals surface area contributed by atoms with E-state index in [2.05, 4.69) is 50.8 Å². The van der Waals surface area contributed by atoms with Crippen LogP contribution in [0.15, 0.2) is 61.3 Å². The molecule has 1 heterocycles. The van der Waals surface area contributed by atoms with Gasteiger partial charge in [-0.3, -0.25) is 4.79 Å². The highest BCUT2D eigenvalue weighted by Crippen LogP contribution is 2.42. The van der Waals surface area contributed by atoms with Crippen LogP contribution < -0.4 is 19.8 Å². The zero-order valence-corrected chi connectivity index (χ0v) is 24.6. The summed E-state index contributed by atoms with van der Waals surface area (Å²) in [5.74, 6) is 2.52. The number of nitrogens with zero attached hydrogens (tertiary/aromatic N) is 3. The first kappa shape index (κ1) is 26.9. The van der Waals surface area contributed by atoms with Crippen molar-refractivity contribution in [2.24, 2.45) is 5.10 Å². The molecule has 0 aliphatic carbocycles. The van der Waals surface area contributed by atoms with E-state index < -0.39 is 0 Å². The van der Waals surface area contributed by atoms with Crippen LogP contribution in [-0.2, 0) is 0 Å². The number of para-hydroxylation sites is 1. The first-order valence-corrected chi connectivity index (χ1v) is 13.1. The molecule has 4 aromatic rings. The number of methoxy groups -OCH3 is 3. The summed E-state index contributed by atoms with van der Waals surface area (Å²) < 4.78 is 19.3. The molecule has 37 heavy (non-hydrogen) atoms. The van der Waals surface area contributed by atoms with E-state index in [1.165, 1.54) is 4.68 Å². The van der Waals surface area contributed by atoms with E-state index in [1.54, 1.807) is 39.7 Å². The highest BCUT2D eigenvalue weighted by molar-refractivity contribution is 9.13. The summed E-state index contributed by atoms with van der Waals surface area (Å²) >= 11 is 7.14. The Bertz CT molecular complexity index is 1580. The fraction of sp³-hybridized carbons (Fsp3) is 0.250. The zero-order valence-electron chi connectivity index (χ0n) is 21.4. The average Bonchev–Trinajstić information content (AvgIpc) is 2.89. The summed E-state index contributed by atoms with van der Waals surface area (Å²) in [7, 11) is 4.79. The number of ether oxygens (including phenoxy) is 3. The smallest absolute Gasteiger partial charge is 0.282 e. The van der Waals surface area contributed by atoms with Gasteiger partial charge < -0.3 is 14.2 Å². The summed E-state index contributed by atoms with van der Waals surface area (Å²) in [5, 5.41) is 5.11. The van der Waals surface area contributed by atoms with Crippen LogP contribution >= 0.6 is 31.9 Å². The summed E-state index contributed by atoms with van der Waals surface area (Å²) in [5.41, 5.74) is 3.76. The number of hydrogen-bond donors (Lipinski definition) is 0. The number of benzene rings is 3. The zero-order chi connectivity index (χ0) is 26.9. The molecule has 0 amide bonds. The van der Waals surface area contributed by atoms with Gasteiger partial charge in [0.05, 0.1) is 42.9 Å². The van der Waals surface area contributed by atoms with E-state index in [0.717, 1.165) is 22.4 Å². The molecule has 0 aliphatic heterocycles. The third-order valence-electron chi connectivity index (χ3n) is 6.09. The Balaban J connectivity index is 2.00.